The Morgan fingerprint density at radius 1 is 0.806 bits per heavy atom. The van der Waals surface area contributed by atoms with Crippen molar-refractivity contribution in [2.75, 3.05) is 7.11 Å². The number of aromatic amines is 1. The van der Waals surface area contributed by atoms with Gasteiger partial charge in [-0.2, -0.15) is 4.57 Å². The van der Waals surface area contributed by atoms with E-state index >= 15 is 0 Å². The zero-order chi connectivity index (χ0) is 20.3. The number of para-hydroxylation sites is 1. The second-order valence-corrected chi connectivity index (χ2v) is 7.38. The Bertz CT molecular complexity index is 1340. The fourth-order valence-electron chi connectivity index (χ4n) is 3.91. The van der Waals surface area contributed by atoms with Crippen molar-refractivity contribution in [3.63, 3.8) is 0 Å². The lowest BCUT2D eigenvalue weighted by Crippen LogP contribution is -3.00. The third-order valence-corrected chi connectivity index (χ3v) is 5.48. The van der Waals surface area contributed by atoms with Crippen molar-refractivity contribution in [1.29, 1.82) is 0 Å². The SMILES string of the molecule is COc1ccc(C=Cc2c3[nH]c4ccccc4c3cc[n+]2Cc2ccccc2)cc1.[Br-]. The number of rotatable bonds is 5. The van der Waals surface area contributed by atoms with E-state index in [0.29, 0.717) is 0 Å². The highest BCUT2D eigenvalue weighted by Crippen LogP contribution is 2.27. The molecule has 0 saturated carbocycles. The third kappa shape index (κ3) is 4.25. The second kappa shape index (κ2) is 9.19. The summed E-state index contributed by atoms with van der Waals surface area (Å²) in [6.45, 7) is 0.814. The summed E-state index contributed by atoms with van der Waals surface area (Å²) in [6, 6.07) is 29.4. The van der Waals surface area contributed by atoms with Crippen LogP contribution in [0.5, 0.6) is 5.75 Å². The lowest BCUT2D eigenvalue weighted by atomic mass is 10.1. The quantitative estimate of drug-likeness (QED) is 0.393. The van der Waals surface area contributed by atoms with Gasteiger partial charge in [0.05, 0.1) is 7.11 Å². The fourth-order valence-corrected chi connectivity index (χ4v) is 3.91. The molecule has 3 aromatic carbocycles. The number of benzene rings is 3. The van der Waals surface area contributed by atoms with Gasteiger partial charge in [0.15, 0.2) is 12.7 Å². The molecule has 0 aliphatic heterocycles. The smallest absolute Gasteiger partial charge is 0.229 e. The molecule has 2 heterocycles. The summed E-state index contributed by atoms with van der Waals surface area (Å²) >= 11 is 0. The van der Waals surface area contributed by atoms with Gasteiger partial charge in [0.25, 0.3) is 0 Å². The maximum Gasteiger partial charge on any atom is 0.229 e. The molecule has 1 N–H and O–H groups in total. The molecule has 0 bridgehead atoms. The van der Waals surface area contributed by atoms with Gasteiger partial charge in [-0.1, -0.05) is 60.7 Å². The molecule has 0 amide bonds. The van der Waals surface area contributed by atoms with Gasteiger partial charge in [-0.05, 0) is 29.8 Å². The van der Waals surface area contributed by atoms with Crippen LogP contribution in [0.4, 0.5) is 0 Å². The largest absolute Gasteiger partial charge is 1.00 e. The maximum absolute atomic E-state index is 5.28. The highest BCUT2D eigenvalue weighted by Gasteiger charge is 2.17. The van der Waals surface area contributed by atoms with E-state index in [1.54, 1.807) is 7.11 Å². The van der Waals surface area contributed by atoms with Crippen LogP contribution in [-0.4, -0.2) is 12.1 Å². The number of ether oxygens (including phenoxy) is 1. The van der Waals surface area contributed by atoms with Gasteiger partial charge in [0.2, 0.25) is 5.69 Å². The molecule has 0 saturated heterocycles. The summed E-state index contributed by atoms with van der Waals surface area (Å²) in [5, 5.41) is 2.49. The van der Waals surface area contributed by atoms with Gasteiger partial charge in [-0.25, -0.2) is 0 Å². The molecule has 0 radical (unpaired) electrons. The van der Waals surface area contributed by atoms with Gasteiger partial charge in [0.1, 0.15) is 11.3 Å². The molecule has 4 heteroatoms. The molecule has 0 spiro atoms. The molecule has 2 aromatic heterocycles. The standard InChI is InChI=1S/C27H22N2O.BrH/c1-30-22-14-11-20(12-15-22)13-16-26-27-24(23-9-5-6-10-25(23)28-27)17-18-29(26)19-21-7-3-2-4-8-21;/h2-18H,19H2,1H3;1H. The van der Waals surface area contributed by atoms with E-state index in [2.05, 4.69) is 101 Å². The minimum atomic E-state index is 0. The highest BCUT2D eigenvalue weighted by atomic mass is 79.9. The van der Waals surface area contributed by atoms with E-state index in [0.717, 1.165) is 34.6 Å². The van der Waals surface area contributed by atoms with Crippen LogP contribution in [0.15, 0.2) is 91.1 Å². The Hall–Kier alpha value is -3.37. The number of fused-ring (bicyclic) bond motifs is 3. The van der Waals surface area contributed by atoms with E-state index in [-0.39, 0.29) is 17.0 Å². The second-order valence-electron chi connectivity index (χ2n) is 7.38. The van der Waals surface area contributed by atoms with Crippen molar-refractivity contribution < 1.29 is 26.3 Å². The average Bonchev–Trinajstić information content (AvgIpc) is 3.18. The van der Waals surface area contributed by atoms with Crippen LogP contribution in [0, 0.1) is 0 Å². The zero-order valence-corrected chi connectivity index (χ0v) is 18.8. The van der Waals surface area contributed by atoms with Gasteiger partial charge in [-0.3, -0.25) is 0 Å². The van der Waals surface area contributed by atoms with Gasteiger partial charge in [-0.15, -0.1) is 0 Å². The molecule has 0 aliphatic rings. The van der Waals surface area contributed by atoms with Crippen molar-refractivity contribution >= 4 is 34.0 Å². The molecule has 154 valence electrons. The zero-order valence-electron chi connectivity index (χ0n) is 17.3. The first-order valence-corrected chi connectivity index (χ1v) is 10.1. The molecule has 0 atom stereocenters. The Morgan fingerprint density at radius 3 is 2.32 bits per heavy atom. The normalized spacial score (nSPS) is 11.1. The van der Waals surface area contributed by atoms with Crippen LogP contribution in [-0.2, 0) is 6.54 Å². The number of hydrogen-bond donors (Lipinski definition) is 1. The minimum absolute atomic E-state index is 0. The van der Waals surface area contributed by atoms with Crippen molar-refractivity contribution in [3.05, 3.63) is 108 Å². The monoisotopic (exact) mass is 470 g/mol. The Balaban J connectivity index is 0.00000231. The van der Waals surface area contributed by atoms with E-state index in [4.69, 9.17) is 4.74 Å². The summed E-state index contributed by atoms with van der Waals surface area (Å²) in [7, 11) is 1.69. The molecule has 3 nitrogen and oxygen atoms in total. The number of H-pyrrole nitrogens is 1. The van der Waals surface area contributed by atoms with Crippen LogP contribution in [0.25, 0.3) is 34.0 Å². The maximum atomic E-state index is 5.28. The molecular formula is C27H23BrN2O. The molecule has 0 fully saturated rings. The van der Waals surface area contributed by atoms with Gasteiger partial charge < -0.3 is 26.7 Å². The van der Waals surface area contributed by atoms with Crippen LogP contribution in [0.3, 0.4) is 0 Å². The predicted molar refractivity (Wildman–Crippen MR) is 123 cm³/mol. The van der Waals surface area contributed by atoms with E-state index < -0.39 is 0 Å². The van der Waals surface area contributed by atoms with E-state index in [1.165, 1.54) is 16.3 Å². The summed E-state index contributed by atoms with van der Waals surface area (Å²) in [6.07, 6.45) is 6.53. The Morgan fingerprint density at radius 2 is 1.55 bits per heavy atom. The topological polar surface area (TPSA) is 28.9 Å². The van der Waals surface area contributed by atoms with Gasteiger partial charge in [0, 0.05) is 34.0 Å². The Kier molecular flexibility index (Phi) is 6.19. The molecule has 0 aliphatic carbocycles. The summed E-state index contributed by atoms with van der Waals surface area (Å²) in [5.74, 6) is 0.865. The lowest BCUT2D eigenvalue weighted by Gasteiger charge is -2.04. The van der Waals surface area contributed by atoms with Crippen molar-refractivity contribution in [2.24, 2.45) is 0 Å². The van der Waals surface area contributed by atoms with Crippen molar-refractivity contribution in [1.82, 2.24) is 4.98 Å². The number of methoxy groups -OCH3 is 1. The third-order valence-electron chi connectivity index (χ3n) is 5.48. The number of halogens is 1. The number of hydrogen-bond acceptors (Lipinski definition) is 1. The number of nitrogens with zero attached hydrogens (tertiary/aromatic N) is 1. The van der Waals surface area contributed by atoms with Crippen molar-refractivity contribution in [2.45, 2.75) is 6.54 Å². The summed E-state index contributed by atoms with van der Waals surface area (Å²) in [5.41, 5.74) is 5.87. The molecule has 31 heavy (non-hydrogen) atoms. The van der Waals surface area contributed by atoms with Crippen LogP contribution < -0.4 is 26.3 Å². The number of aromatic nitrogens is 2. The predicted octanol–water partition coefficient (Wildman–Crippen LogP) is 2.84. The summed E-state index contributed by atoms with van der Waals surface area (Å²) < 4.78 is 7.57. The molecule has 5 aromatic rings. The van der Waals surface area contributed by atoms with E-state index in [9.17, 15) is 0 Å². The van der Waals surface area contributed by atoms with Gasteiger partial charge >= 0.3 is 0 Å². The molecular weight excluding hydrogens is 448 g/mol. The lowest BCUT2D eigenvalue weighted by molar-refractivity contribution is -0.688. The molecule has 5 rings (SSSR count). The first-order valence-electron chi connectivity index (χ1n) is 10.1. The fraction of sp³-hybridized carbons (Fsp3) is 0.0741. The number of nitrogens with one attached hydrogen (secondary N) is 1. The first kappa shape index (κ1) is 20.9. The minimum Gasteiger partial charge on any atom is -1.00 e. The Labute approximate surface area is 192 Å². The first-order chi connectivity index (χ1) is 14.8. The van der Waals surface area contributed by atoms with Crippen LogP contribution >= 0.6 is 0 Å². The average molecular weight is 471 g/mol. The highest BCUT2D eigenvalue weighted by molar-refractivity contribution is 6.08. The van der Waals surface area contributed by atoms with Crippen LogP contribution in [0.1, 0.15) is 16.8 Å². The van der Waals surface area contributed by atoms with E-state index in [1.807, 2.05) is 12.1 Å². The number of pyridine rings is 1. The van der Waals surface area contributed by atoms with Crippen LogP contribution in [0.2, 0.25) is 0 Å². The van der Waals surface area contributed by atoms with Crippen molar-refractivity contribution in [3.8, 4) is 5.75 Å². The summed E-state index contributed by atoms with van der Waals surface area (Å²) in [4.78, 5) is 3.64. The molecule has 0 unspecified atom stereocenters.